The quantitative estimate of drug-likeness (QED) is 0.476. The van der Waals surface area contributed by atoms with Crippen LogP contribution in [-0.2, 0) is 6.42 Å². The molecule has 0 unspecified atom stereocenters. The second kappa shape index (κ2) is 7.46. The summed E-state index contributed by atoms with van der Waals surface area (Å²) in [5, 5.41) is 21.9. The smallest absolute Gasteiger partial charge is 0.206 e. The molecule has 0 bridgehead atoms. The number of aryl methyl sites for hydroxylation is 2. The summed E-state index contributed by atoms with van der Waals surface area (Å²) in [7, 11) is 0. The number of H-pyrrole nitrogens is 1. The first kappa shape index (κ1) is 17.6. The minimum atomic E-state index is 0.0177. The molecular formula is C20H22N6S. The van der Waals surface area contributed by atoms with Crippen molar-refractivity contribution in [2.45, 2.75) is 26.3 Å². The van der Waals surface area contributed by atoms with Crippen LogP contribution in [-0.4, -0.2) is 33.0 Å². The summed E-state index contributed by atoms with van der Waals surface area (Å²) < 4.78 is 0. The number of aromatic nitrogens is 4. The maximum absolute atomic E-state index is 6.27. The second-order valence-corrected chi connectivity index (χ2v) is 7.80. The Bertz CT molecular complexity index is 1070. The van der Waals surface area contributed by atoms with Gasteiger partial charge < -0.3 is 11.1 Å². The van der Waals surface area contributed by atoms with Crippen molar-refractivity contribution in [1.82, 2.24) is 20.4 Å². The Kier molecular flexibility index (Phi) is 4.87. The SMILES string of the molecule is Cc1cccc(C[C@H](N)CNc2nnc(-c3ccc4n[nH]c(C)c4c3)s2)c1. The minimum Gasteiger partial charge on any atom is -0.359 e. The highest BCUT2D eigenvalue weighted by molar-refractivity contribution is 7.18. The molecule has 2 aromatic heterocycles. The van der Waals surface area contributed by atoms with Crippen molar-refractivity contribution in [2.24, 2.45) is 5.73 Å². The van der Waals surface area contributed by atoms with Gasteiger partial charge in [-0.05, 0) is 44.0 Å². The molecule has 4 rings (SSSR count). The van der Waals surface area contributed by atoms with Crippen LogP contribution in [0.15, 0.2) is 42.5 Å². The predicted molar refractivity (Wildman–Crippen MR) is 111 cm³/mol. The highest BCUT2D eigenvalue weighted by Gasteiger charge is 2.11. The first-order valence-corrected chi connectivity index (χ1v) is 9.74. The highest BCUT2D eigenvalue weighted by atomic mass is 32.1. The molecular weight excluding hydrogens is 356 g/mol. The van der Waals surface area contributed by atoms with Crippen molar-refractivity contribution >= 4 is 27.4 Å². The fourth-order valence-corrected chi connectivity index (χ4v) is 3.86. The van der Waals surface area contributed by atoms with Gasteiger partial charge in [0.05, 0.1) is 5.52 Å². The van der Waals surface area contributed by atoms with E-state index < -0.39 is 0 Å². The van der Waals surface area contributed by atoms with Crippen molar-refractivity contribution in [3.8, 4) is 10.6 Å². The van der Waals surface area contributed by atoms with E-state index in [0.29, 0.717) is 6.54 Å². The molecule has 0 saturated heterocycles. The van der Waals surface area contributed by atoms with Gasteiger partial charge in [-0.15, -0.1) is 10.2 Å². The molecule has 0 saturated carbocycles. The van der Waals surface area contributed by atoms with Crippen LogP contribution < -0.4 is 11.1 Å². The zero-order chi connectivity index (χ0) is 18.8. The van der Waals surface area contributed by atoms with Gasteiger partial charge in [-0.3, -0.25) is 5.10 Å². The molecule has 0 aliphatic heterocycles. The van der Waals surface area contributed by atoms with E-state index in [1.54, 1.807) is 0 Å². The predicted octanol–water partition coefficient (Wildman–Crippen LogP) is 3.68. The molecule has 0 aliphatic carbocycles. The third-order valence-corrected chi connectivity index (χ3v) is 5.44. The Labute approximate surface area is 161 Å². The first-order chi connectivity index (χ1) is 13.1. The van der Waals surface area contributed by atoms with Crippen molar-refractivity contribution in [3.63, 3.8) is 0 Å². The lowest BCUT2D eigenvalue weighted by atomic mass is 10.0. The van der Waals surface area contributed by atoms with Crippen LogP contribution in [0.5, 0.6) is 0 Å². The molecule has 7 heteroatoms. The van der Waals surface area contributed by atoms with Gasteiger partial charge in [-0.25, -0.2) is 0 Å². The van der Waals surface area contributed by atoms with Gasteiger partial charge in [0, 0.05) is 29.2 Å². The maximum atomic E-state index is 6.27. The lowest BCUT2D eigenvalue weighted by Gasteiger charge is -2.12. The average Bonchev–Trinajstić information content (AvgIpc) is 3.27. The van der Waals surface area contributed by atoms with Gasteiger partial charge in [0.15, 0.2) is 0 Å². The fourth-order valence-electron chi connectivity index (χ4n) is 3.11. The average molecular weight is 379 g/mol. The number of anilines is 1. The van der Waals surface area contributed by atoms with Gasteiger partial charge >= 0.3 is 0 Å². The molecule has 2 heterocycles. The van der Waals surface area contributed by atoms with Crippen LogP contribution in [0.25, 0.3) is 21.5 Å². The van der Waals surface area contributed by atoms with Crippen LogP contribution in [0.2, 0.25) is 0 Å². The van der Waals surface area contributed by atoms with Crippen molar-refractivity contribution < 1.29 is 0 Å². The van der Waals surface area contributed by atoms with Crippen LogP contribution in [0.1, 0.15) is 16.8 Å². The van der Waals surface area contributed by atoms with E-state index >= 15 is 0 Å². The molecule has 4 N–H and O–H groups in total. The third-order valence-electron chi connectivity index (χ3n) is 4.51. The number of benzene rings is 2. The fraction of sp³-hybridized carbons (Fsp3) is 0.250. The molecule has 4 aromatic rings. The van der Waals surface area contributed by atoms with E-state index in [4.69, 9.17) is 5.73 Å². The number of nitrogens with one attached hydrogen (secondary N) is 2. The summed E-state index contributed by atoms with van der Waals surface area (Å²) in [6.07, 6.45) is 0.830. The second-order valence-electron chi connectivity index (χ2n) is 6.83. The number of hydrogen-bond donors (Lipinski definition) is 3. The molecule has 0 fully saturated rings. The molecule has 138 valence electrons. The number of nitrogens with zero attached hydrogens (tertiary/aromatic N) is 3. The maximum Gasteiger partial charge on any atom is 0.206 e. The Hall–Kier alpha value is -2.77. The monoisotopic (exact) mass is 378 g/mol. The van der Waals surface area contributed by atoms with Crippen molar-refractivity contribution in [2.75, 3.05) is 11.9 Å². The minimum absolute atomic E-state index is 0.0177. The lowest BCUT2D eigenvalue weighted by molar-refractivity contribution is 0.698. The van der Waals surface area contributed by atoms with Crippen molar-refractivity contribution in [1.29, 1.82) is 0 Å². The Morgan fingerprint density at radius 3 is 2.89 bits per heavy atom. The summed E-state index contributed by atoms with van der Waals surface area (Å²) in [6, 6.07) is 14.6. The molecule has 27 heavy (non-hydrogen) atoms. The summed E-state index contributed by atoms with van der Waals surface area (Å²) in [6.45, 7) is 4.77. The first-order valence-electron chi connectivity index (χ1n) is 8.92. The topological polar surface area (TPSA) is 92.5 Å². The summed E-state index contributed by atoms with van der Waals surface area (Å²) >= 11 is 1.53. The van der Waals surface area contributed by atoms with Crippen LogP contribution in [0.3, 0.4) is 0 Å². The molecule has 6 nitrogen and oxygen atoms in total. The molecule has 2 aromatic carbocycles. The number of aromatic amines is 1. The summed E-state index contributed by atoms with van der Waals surface area (Å²) in [5.74, 6) is 0. The summed E-state index contributed by atoms with van der Waals surface area (Å²) in [5.41, 5.74) is 11.8. The Morgan fingerprint density at radius 1 is 1.15 bits per heavy atom. The van der Waals surface area contributed by atoms with E-state index in [9.17, 15) is 0 Å². The normalized spacial score (nSPS) is 12.4. The van der Waals surface area contributed by atoms with Gasteiger partial charge in [-0.1, -0.05) is 41.2 Å². The Balaban J connectivity index is 1.40. The Morgan fingerprint density at radius 2 is 2.04 bits per heavy atom. The molecule has 0 aliphatic rings. The van der Waals surface area contributed by atoms with E-state index in [0.717, 1.165) is 38.7 Å². The molecule has 0 amide bonds. The van der Waals surface area contributed by atoms with E-state index in [1.165, 1.54) is 22.5 Å². The number of fused-ring (bicyclic) bond motifs is 1. The van der Waals surface area contributed by atoms with Gasteiger partial charge in [-0.2, -0.15) is 5.10 Å². The van der Waals surface area contributed by atoms with Crippen LogP contribution in [0, 0.1) is 13.8 Å². The largest absolute Gasteiger partial charge is 0.359 e. The summed E-state index contributed by atoms with van der Waals surface area (Å²) in [4.78, 5) is 0. The van der Waals surface area contributed by atoms with Gasteiger partial charge in [0.2, 0.25) is 5.13 Å². The van der Waals surface area contributed by atoms with Crippen LogP contribution >= 0.6 is 11.3 Å². The van der Waals surface area contributed by atoms with E-state index in [1.807, 2.05) is 19.1 Å². The van der Waals surface area contributed by atoms with Crippen molar-refractivity contribution in [3.05, 3.63) is 59.3 Å². The van der Waals surface area contributed by atoms with Gasteiger partial charge in [0.25, 0.3) is 0 Å². The van der Waals surface area contributed by atoms with Gasteiger partial charge in [0.1, 0.15) is 5.01 Å². The zero-order valence-electron chi connectivity index (χ0n) is 15.4. The standard InChI is InChI=1S/C20H22N6S/c1-12-4-3-5-14(8-12)9-16(21)11-22-20-26-25-19(27-20)15-6-7-18-17(10-15)13(2)23-24-18/h3-8,10,16H,9,11,21H2,1-2H3,(H,22,26)(H,23,24)/t16-/m0/s1. The number of nitrogens with two attached hydrogens (primary N) is 1. The zero-order valence-corrected chi connectivity index (χ0v) is 16.2. The third kappa shape index (κ3) is 3.99. The molecule has 0 radical (unpaired) electrons. The van der Waals surface area contributed by atoms with E-state index in [-0.39, 0.29) is 6.04 Å². The number of rotatable bonds is 6. The lowest BCUT2D eigenvalue weighted by Crippen LogP contribution is -2.31. The van der Waals surface area contributed by atoms with Crippen LogP contribution in [0.4, 0.5) is 5.13 Å². The van der Waals surface area contributed by atoms with E-state index in [2.05, 4.69) is 63.0 Å². The molecule has 1 atom stereocenters. The number of hydrogen-bond acceptors (Lipinski definition) is 6. The highest BCUT2D eigenvalue weighted by Crippen LogP contribution is 2.29. The molecule has 0 spiro atoms.